The van der Waals surface area contributed by atoms with Crippen molar-refractivity contribution in [2.75, 3.05) is 24.0 Å². The lowest BCUT2D eigenvalue weighted by molar-refractivity contribution is 0.424. The van der Waals surface area contributed by atoms with E-state index >= 15 is 0 Å². The lowest BCUT2D eigenvalue weighted by atomic mass is 10.1. The van der Waals surface area contributed by atoms with Crippen molar-refractivity contribution in [3.05, 3.63) is 28.8 Å². The van der Waals surface area contributed by atoms with E-state index in [1.54, 1.807) is 0 Å². The maximum Gasteiger partial charge on any atom is 0.0642 e. The molecule has 0 aliphatic heterocycles. The lowest BCUT2D eigenvalue weighted by Crippen LogP contribution is -2.35. The van der Waals surface area contributed by atoms with Gasteiger partial charge in [-0.3, -0.25) is 0 Å². The van der Waals surface area contributed by atoms with Gasteiger partial charge in [-0.2, -0.15) is 11.8 Å². The SMILES string of the molecule is CCC(CSC)N(C)c1ccc(CNC(C)(C)C)cc1Cl. The van der Waals surface area contributed by atoms with Crippen molar-refractivity contribution in [3.63, 3.8) is 0 Å². The first-order chi connectivity index (χ1) is 9.78. The maximum absolute atomic E-state index is 6.50. The summed E-state index contributed by atoms with van der Waals surface area (Å²) in [6.07, 6.45) is 3.28. The molecular weight excluding hydrogens is 300 g/mol. The van der Waals surface area contributed by atoms with Crippen LogP contribution in [-0.2, 0) is 6.54 Å². The van der Waals surface area contributed by atoms with E-state index < -0.39 is 0 Å². The van der Waals surface area contributed by atoms with Crippen LogP contribution in [0.25, 0.3) is 0 Å². The van der Waals surface area contributed by atoms with Crippen molar-refractivity contribution < 1.29 is 0 Å². The fraction of sp³-hybridized carbons (Fsp3) is 0.647. The minimum atomic E-state index is 0.119. The van der Waals surface area contributed by atoms with Gasteiger partial charge in [0.2, 0.25) is 0 Å². The van der Waals surface area contributed by atoms with Gasteiger partial charge in [-0.1, -0.05) is 24.6 Å². The van der Waals surface area contributed by atoms with Gasteiger partial charge in [-0.05, 0) is 51.1 Å². The molecule has 4 heteroatoms. The molecule has 0 amide bonds. The van der Waals surface area contributed by atoms with E-state index in [1.165, 1.54) is 5.56 Å². The Balaban J connectivity index is 2.82. The van der Waals surface area contributed by atoms with Crippen molar-refractivity contribution in [2.24, 2.45) is 0 Å². The monoisotopic (exact) mass is 328 g/mol. The molecule has 1 rings (SSSR count). The molecule has 0 heterocycles. The number of nitrogens with one attached hydrogen (secondary N) is 1. The number of halogens is 1. The smallest absolute Gasteiger partial charge is 0.0642 e. The van der Waals surface area contributed by atoms with E-state index in [0.717, 1.165) is 29.4 Å². The van der Waals surface area contributed by atoms with Crippen molar-refractivity contribution >= 4 is 29.1 Å². The van der Waals surface area contributed by atoms with Crippen molar-refractivity contribution in [2.45, 2.75) is 52.2 Å². The highest BCUT2D eigenvalue weighted by Crippen LogP contribution is 2.29. The average Bonchev–Trinajstić information content (AvgIpc) is 2.41. The van der Waals surface area contributed by atoms with Crippen LogP contribution in [0.15, 0.2) is 18.2 Å². The Morgan fingerprint density at radius 3 is 2.48 bits per heavy atom. The second-order valence-corrected chi connectivity index (χ2v) is 7.84. The van der Waals surface area contributed by atoms with Crippen LogP contribution in [0.1, 0.15) is 39.7 Å². The van der Waals surface area contributed by atoms with Crippen LogP contribution in [0, 0.1) is 0 Å². The summed E-state index contributed by atoms with van der Waals surface area (Å²) in [6.45, 7) is 9.59. The van der Waals surface area contributed by atoms with E-state index in [1.807, 2.05) is 11.8 Å². The average molecular weight is 329 g/mol. The first-order valence-electron chi connectivity index (χ1n) is 7.53. The minimum absolute atomic E-state index is 0.119. The number of hydrogen-bond donors (Lipinski definition) is 1. The minimum Gasteiger partial charge on any atom is -0.370 e. The Hall–Kier alpha value is -0.380. The van der Waals surface area contributed by atoms with Gasteiger partial charge in [0.1, 0.15) is 0 Å². The molecule has 1 aromatic carbocycles. The highest BCUT2D eigenvalue weighted by atomic mass is 35.5. The van der Waals surface area contributed by atoms with E-state index in [4.69, 9.17) is 11.6 Å². The quantitative estimate of drug-likeness (QED) is 0.773. The van der Waals surface area contributed by atoms with Gasteiger partial charge in [-0.25, -0.2) is 0 Å². The summed E-state index contributed by atoms with van der Waals surface area (Å²) < 4.78 is 0. The number of hydrogen-bond acceptors (Lipinski definition) is 3. The summed E-state index contributed by atoms with van der Waals surface area (Å²) in [7, 11) is 2.14. The summed E-state index contributed by atoms with van der Waals surface area (Å²) in [6, 6.07) is 6.92. The Kier molecular flexibility index (Phi) is 7.38. The van der Waals surface area contributed by atoms with Crippen LogP contribution in [0.3, 0.4) is 0 Å². The molecule has 0 saturated heterocycles. The summed E-state index contributed by atoms with van der Waals surface area (Å²) in [4.78, 5) is 2.31. The number of rotatable bonds is 7. The zero-order valence-electron chi connectivity index (χ0n) is 14.2. The first-order valence-corrected chi connectivity index (χ1v) is 9.31. The molecule has 0 saturated carbocycles. The molecule has 0 radical (unpaired) electrons. The number of anilines is 1. The third-order valence-corrected chi connectivity index (χ3v) is 4.61. The molecule has 0 aliphatic carbocycles. The van der Waals surface area contributed by atoms with Crippen LogP contribution in [-0.4, -0.2) is 30.6 Å². The largest absolute Gasteiger partial charge is 0.370 e. The third-order valence-electron chi connectivity index (χ3n) is 3.59. The number of benzene rings is 1. The van der Waals surface area contributed by atoms with Gasteiger partial charge in [0.15, 0.2) is 0 Å². The van der Waals surface area contributed by atoms with E-state index in [-0.39, 0.29) is 5.54 Å². The van der Waals surface area contributed by atoms with Crippen LogP contribution < -0.4 is 10.2 Å². The van der Waals surface area contributed by atoms with Crippen molar-refractivity contribution in [3.8, 4) is 0 Å². The Labute approximate surface area is 139 Å². The van der Waals surface area contributed by atoms with Gasteiger partial charge in [-0.15, -0.1) is 0 Å². The normalized spacial score (nSPS) is 13.3. The van der Waals surface area contributed by atoms with Crippen molar-refractivity contribution in [1.82, 2.24) is 5.32 Å². The second-order valence-electron chi connectivity index (χ2n) is 6.52. The Morgan fingerprint density at radius 1 is 1.33 bits per heavy atom. The third kappa shape index (κ3) is 6.09. The molecule has 1 atom stereocenters. The van der Waals surface area contributed by atoms with Gasteiger partial charge in [0.05, 0.1) is 10.7 Å². The number of thioether (sulfide) groups is 1. The van der Waals surface area contributed by atoms with Gasteiger partial charge < -0.3 is 10.2 Å². The molecule has 0 fully saturated rings. The second kappa shape index (κ2) is 8.30. The van der Waals surface area contributed by atoms with E-state index in [2.05, 4.69) is 69.4 Å². The van der Waals surface area contributed by atoms with E-state index in [0.29, 0.717) is 6.04 Å². The van der Waals surface area contributed by atoms with Gasteiger partial charge in [0.25, 0.3) is 0 Å². The van der Waals surface area contributed by atoms with Crippen LogP contribution in [0.4, 0.5) is 5.69 Å². The predicted octanol–water partition coefficient (Wildman–Crippen LogP) is 4.81. The van der Waals surface area contributed by atoms with Crippen molar-refractivity contribution in [1.29, 1.82) is 0 Å². The summed E-state index contributed by atoms with van der Waals surface area (Å²) >= 11 is 8.38. The molecule has 21 heavy (non-hydrogen) atoms. The first kappa shape index (κ1) is 18.7. The zero-order valence-corrected chi connectivity index (χ0v) is 15.7. The van der Waals surface area contributed by atoms with Gasteiger partial charge >= 0.3 is 0 Å². The molecule has 0 aliphatic rings. The molecule has 1 unspecified atom stereocenters. The molecular formula is C17H29ClN2S. The fourth-order valence-corrected chi connectivity index (χ4v) is 3.39. The Bertz CT molecular complexity index is 443. The van der Waals surface area contributed by atoms with Crippen LogP contribution in [0.2, 0.25) is 5.02 Å². The van der Waals surface area contributed by atoms with Gasteiger partial charge in [0, 0.05) is 30.9 Å². The molecule has 120 valence electrons. The molecule has 0 spiro atoms. The summed E-state index contributed by atoms with van der Waals surface area (Å²) in [5.41, 5.74) is 2.47. The summed E-state index contributed by atoms with van der Waals surface area (Å²) in [5.74, 6) is 1.12. The molecule has 0 bridgehead atoms. The highest BCUT2D eigenvalue weighted by molar-refractivity contribution is 7.98. The highest BCUT2D eigenvalue weighted by Gasteiger charge is 2.16. The molecule has 1 aromatic rings. The van der Waals surface area contributed by atoms with Crippen LogP contribution in [0.5, 0.6) is 0 Å². The number of nitrogens with zero attached hydrogens (tertiary/aromatic N) is 1. The molecule has 2 nitrogen and oxygen atoms in total. The zero-order chi connectivity index (χ0) is 16.0. The van der Waals surface area contributed by atoms with E-state index in [9.17, 15) is 0 Å². The summed E-state index contributed by atoms with van der Waals surface area (Å²) in [5, 5.41) is 4.33. The Morgan fingerprint density at radius 2 is 2.00 bits per heavy atom. The molecule has 1 N–H and O–H groups in total. The lowest BCUT2D eigenvalue weighted by Gasteiger charge is -2.30. The fourth-order valence-electron chi connectivity index (χ4n) is 2.21. The molecule has 0 aromatic heterocycles. The topological polar surface area (TPSA) is 15.3 Å². The van der Waals surface area contributed by atoms with Crippen LogP contribution >= 0.6 is 23.4 Å². The predicted molar refractivity (Wildman–Crippen MR) is 98.9 cm³/mol. The standard InChI is InChI=1S/C17H29ClN2S/c1-7-14(12-21-6)20(5)16-9-8-13(10-15(16)18)11-19-17(2,3)4/h8-10,14,19H,7,11-12H2,1-6H3. The maximum atomic E-state index is 6.50.